The normalized spacial score (nSPS) is 13.1. The molecule has 0 saturated carbocycles. The smallest absolute Gasteiger partial charge is 0.306 e. The zero-order valence-corrected chi connectivity index (χ0v) is 52.5. The number of rotatable bonds is 59. The van der Waals surface area contributed by atoms with E-state index >= 15 is 0 Å². The van der Waals surface area contributed by atoms with Gasteiger partial charge in [-0.3, -0.25) is 14.4 Å². The molecule has 0 fully saturated rings. The topological polar surface area (TPSA) is 78.9 Å². The zero-order valence-electron chi connectivity index (χ0n) is 52.5. The number of carbonyl (C=O) groups excluding carboxylic acids is 3. The van der Waals surface area contributed by atoms with Gasteiger partial charge in [0.25, 0.3) is 0 Å². The Kier molecular flexibility index (Phi) is 63.9. The maximum atomic E-state index is 12.9. The fraction of sp³-hybridized carbons (Fsp3) is 0.640. The molecule has 1 unspecified atom stereocenters. The predicted molar refractivity (Wildman–Crippen MR) is 352 cm³/mol. The maximum Gasteiger partial charge on any atom is 0.306 e. The highest BCUT2D eigenvalue weighted by molar-refractivity contribution is 5.71. The Balaban J connectivity index is 4.33. The third kappa shape index (κ3) is 66.0. The molecule has 0 bridgehead atoms. The Morgan fingerprint density at radius 2 is 0.481 bits per heavy atom. The summed E-state index contributed by atoms with van der Waals surface area (Å²) in [5.41, 5.74) is 0. The third-order valence-electron chi connectivity index (χ3n) is 13.8. The van der Waals surface area contributed by atoms with E-state index in [1.54, 1.807) is 0 Å². The number of esters is 3. The lowest BCUT2D eigenvalue weighted by Gasteiger charge is -2.18. The van der Waals surface area contributed by atoms with Crippen molar-refractivity contribution in [3.8, 4) is 0 Å². The minimum atomic E-state index is -0.802. The molecule has 6 heteroatoms. The van der Waals surface area contributed by atoms with Crippen LogP contribution >= 0.6 is 0 Å². The molecule has 0 amide bonds. The summed E-state index contributed by atoms with van der Waals surface area (Å²) < 4.78 is 16.9. The van der Waals surface area contributed by atoms with Gasteiger partial charge < -0.3 is 14.2 Å². The van der Waals surface area contributed by atoms with E-state index in [1.807, 2.05) is 0 Å². The summed E-state index contributed by atoms with van der Waals surface area (Å²) in [6, 6.07) is 0. The van der Waals surface area contributed by atoms with Crippen molar-refractivity contribution in [3.63, 3.8) is 0 Å². The van der Waals surface area contributed by atoms with E-state index in [9.17, 15) is 14.4 Å². The first-order valence-corrected chi connectivity index (χ1v) is 33.3. The van der Waals surface area contributed by atoms with Crippen molar-refractivity contribution in [2.24, 2.45) is 0 Å². The van der Waals surface area contributed by atoms with E-state index in [1.165, 1.54) is 109 Å². The van der Waals surface area contributed by atoms with Crippen LogP contribution in [0.2, 0.25) is 0 Å². The fourth-order valence-corrected chi connectivity index (χ4v) is 8.88. The van der Waals surface area contributed by atoms with Gasteiger partial charge in [-0.2, -0.15) is 0 Å². The molecule has 0 aliphatic carbocycles. The van der Waals surface area contributed by atoms with E-state index in [0.717, 1.165) is 141 Å². The number of carbonyl (C=O) groups is 3. The van der Waals surface area contributed by atoms with Crippen LogP contribution in [0.3, 0.4) is 0 Å². The van der Waals surface area contributed by atoms with Gasteiger partial charge in [-0.1, -0.05) is 276 Å². The second kappa shape index (κ2) is 67.8. The van der Waals surface area contributed by atoms with Crippen LogP contribution in [0.5, 0.6) is 0 Å². The van der Waals surface area contributed by atoms with Gasteiger partial charge in [-0.25, -0.2) is 0 Å². The molecule has 81 heavy (non-hydrogen) atoms. The van der Waals surface area contributed by atoms with Crippen molar-refractivity contribution < 1.29 is 28.6 Å². The average molecular weight is 1120 g/mol. The summed E-state index contributed by atoms with van der Waals surface area (Å²) in [6.45, 7) is 6.36. The highest BCUT2D eigenvalue weighted by Gasteiger charge is 2.19. The molecule has 0 aliphatic heterocycles. The molecule has 6 nitrogen and oxygen atoms in total. The van der Waals surface area contributed by atoms with Crippen molar-refractivity contribution in [1.82, 2.24) is 0 Å². The lowest BCUT2D eigenvalue weighted by atomic mass is 10.1. The van der Waals surface area contributed by atoms with Crippen LogP contribution in [0.15, 0.2) is 146 Å². The predicted octanol–water partition coefficient (Wildman–Crippen LogP) is 23.1. The van der Waals surface area contributed by atoms with E-state index in [0.29, 0.717) is 19.3 Å². The minimum Gasteiger partial charge on any atom is -0.462 e. The van der Waals surface area contributed by atoms with Gasteiger partial charge in [0.15, 0.2) is 6.10 Å². The first-order chi connectivity index (χ1) is 40.0. The van der Waals surface area contributed by atoms with Gasteiger partial charge in [-0.05, 0) is 141 Å². The van der Waals surface area contributed by atoms with Crippen LogP contribution in [0, 0.1) is 0 Å². The first kappa shape index (κ1) is 76.3. The molecule has 0 heterocycles. The highest BCUT2D eigenvalue weighted by Crippen LogP contribution is 2.15. The van der Waals surface area contributed by atoms with Crippen molar-refractivity contribution in [3.05, 3.63) is 146 Å². The summed E-state index contributed by atoms with van der Waals surface area (Å²) in [4.78, 5) is 38.3. The number of unbranched alkanes of at least 4 members (excludes halogenated alkanes) is 24. The first-order valence-electron chi connectivity index (χ1n) is 33.3. The Bertz CT molecular complexity index is 1760. The minimum absolute atomic E-state index is 0.0963. The zero-order chi connectivity index (χ0) is 58.5. The lowest BCUT2D eigenvalue weighted by Crippen LogP contribution is -2.30. The van der Waals surface area contributed by atoms with Gasteiger partial charge in [-0.15, -0.1) is 0 Å². The summed E-state index contributed by atoms with van der Waals surface area (Å²) in [5, 5.41) is 0. The maximum absolute atomic E-state index is 12.9. The molecule has 0 rings (SSSR count). The highest BCUT2D eigenvalue weighted by atomic mass is 16.6. The molecule has 0 aromatic heterocycles. The summed E-state index contributed by atoms with van der Waals surface area (Å²) >= 11 is 0. The monoisotopic (exact) mass is 1120 g/mol. The van der Waals surface area contributed by atoms with Gasteiger partial charge in [0, 0.05) is 19.3 Å². The van der Waals surface area contributed by atoms with Crippen LogP contribution in [-0.2, 0) is 28.6 Å². The molecular weight excluding hydrogens is 997 g/mol. The Morgan fingerprint density at radius 1 is 0.259 bits per heavy atom. The molecule has 0 aromatic carbocycles. The third-order valence-corrected chi connectivity index (χ3v) is 13.8. The SMILES string of the molecule is CC/C=C\C/C=C\C/C=C\C/C=C\C/C=C\C/C=C\C/C=C\CCCCCCCCCCCC(=O)OCC(COC(=O)CCCCC/C=C\C/C=C\C/C=C\CC)OC(=O)CCCCCCCCCCC/C=C\C/C=C\CCCCC. The second-order valence-electron chi connectivity index (χ2n) is 21.6. The standard InChI is InChI=1S/C75H122O6/c1-4-7-10-13-16-19-22-25-27-29-31-32-33-34-35-36-37-38-39-40-41-42-44-45-47-50-53-56-59-62-65-68-74(77)80-71-72(70-79-73(76)67-64-61-58-55-52-49-24-21-18-15-12-9-6-3)81-75(78)69-66-63-60-57-54-51-48-46-43-30-28-26-23-20-17-14-11-8-5-2/h7,9-10,12,16-21,25-28,31-32,34-35,37-38,40-41,49,52,72H,4-6,8,11,13-15,22-24,29-30,33,36,39,42-48,50-51,53-71H2,1-3H3/b10-7-,12-9-,19-16-,20-17-,21-18-,27-25-,28-26-,32-31-,35-34-,38-37-,41-40-,52-49-. The van der Waals surface area contributed by atoms with Crippen LogP contribution in [0.4, 0.5) is 0 Å². The molecule has 0 radical (unpaired) electrons. The summed E-state index contributed by atoms with van der Waals surface area (Å²) in [5.74, 6) is -0.934. The molecule has 1 atom stereocenters. The summed E-state index contributed by atoms with van der Waals surface area (Å²) in [7, 11) is 0. The number of allylic oxidation sites excluding steroid dienone is 24. The molecule has 0 aromatic rings. The quantitative estimate of drug-likeness (QED) is 0.0261. The van der Waals surface area contributed by atoms with Gasteiger partial charge >= 0.3 is 17.9 Å². The van der Waals surface area contributed by atoms with Crippen LogP contribution in [0.1, 0.15) is 290 Å². The van der Waals surface area contributed by atoms with Crippen molar-refractivity contribution >= 4 is 17.9 Å². The molecule has 0 N–H and O–H groups in total. The number of ether oxygens (including phenoxy) is 3. The molecule has 0 aliphatic rings. The molecule has 0 saturated heterocycles. The molecular formula is C75H122O6. The van der Waals surface area contributed by atoms with E-state index < -0.39 is 6.10 Å². The fourth-order valence-electron chi connectivity index (χ4n) is 8.88. The number of hydrogen-bond donors (Lipinski definition) is 0. The van der Waals surface area contributed by atoms with Crippen molar-refractivity contribution in [2.45, 2.75) is 297 Å². The number of hydrogen-bond acceptors (Lipinski definition) is 6. The Morgan fingerprint density at radius 3 is 0.765 bits per heavy atom. The summed E-state index contributed by atoms with van der Waals surface area (Å²) in [6.07, 6.45) is 97.2. The second-order valence-corrected chi connectivity index (χ2v) is 21.6. The molecule has 458 valence electrons. The van der Waals surface area contributed by atoms with E-state index in [4.69, 9.17) is 14.2 Å². The largest absolute Gasteiger partial charge is 0.462 e. The van der Waals surface area contributed by atoms with Gasteiger partial charge in [0.05, 0.1) is 0 Å². The van der Waals surface area contributed by atoms with Gasteiger partial charge in [0.1, 0.15) is 13.2 Å². The van der Waals surface area contributed by atoms with Gasteiger partial charge in [0.2, 0.25) is 0 Å². The van der Waals surface area contributed by atoms with Crippen molar-refractivity contribution in [1.29, 1.82) is 0 Å². The van der Waals surface area contributed by atoms with Crippen LogP contribution < -0.4 is 0 Å². The average Bonchev–Trinajstić information content (AvgIpc) is 3.46. The van der Waals surface area contributed by atoms with Crippen molar-refractivity contribution in [2.75, 3.05) is 13.2 Å². The van der Waals surface area contributed by atoms with Crippen LogP contribution in [-0.4, -0.2) is 37.2 Å². The Hall–Kier alpha value is -4.71. The lowest BCUT2D eigenvalue weighted by molar-refractivity contribution is -0.167. The van der Waals surface area contributed by atoms with E-state index in [-0.39, 0.29) is 31.1 Å². The molecule has 0 spiro atoms. The Labute approximate surface area is 499 Å². The van der Waals surface area contributed by atoms with Crippen LogP contribution in [0.25, 0.3) is 0 Å². The van der Waals surface area contributed by atoms with E-state index in [2.05, 4.69) is 167 Å².